The van der Waals surface area contributed by atoms with E-state index >= 15 is 0 Å². The Morgan fingerprint density at radius 1 is 1.18 bits per heavy atom. The molecule has 5 rings (SSSR count). The van der Waals surface area contributed by atoms with Gasteiger partial charge in [-0.1, -0.05) is 12.1 Å². The van der Waals surface area contributed by atoms with E-state index in [9.17, 15) is 0 Å². The normalized spacial score (nSPS) is 23.8. The second-order valence-electron chi connectivity index (χ2n) is 6.12. The van der Waals surface area contributed by atoms with Gasteiger partial charge in [0.05, 0.1) is 29.8 Å². The largest absolute Gasteiger partial charge is 0.437 e. The molecular formula is C17H17N3O2. The summed E-state index contributed by atoms with van der Waals surface area (Å²) in [6.07, 6.45) is 1.48. The van der Waals surface area contributed by atoms with Crippen LogP contribution in [0.15, 0.2) is 40.8 Å². The summed E-state index contributed by atoms with van der Waals surface area (Å²) in [6, 6.07) is 12.7. The van der Waals surface area contributed by atoms with E-state index in [1.54, 1.807) is 0 Å². The Bertz CT molecular complexity index is 851. The molecule has 5 heteroatoms. The molecule has 2 saturated heterocycles. The monoisotopic (exact) mass is 295 g/mol. The van der Waals surface area contributed by atoms with Gasteiger partial charge in [-0.05, 0) is 24.6 Å². The average molecular weight is 295 g/mol. The number of nitrogens with zero attached hydrogens (tertiary/aromatic N) is 3. The molecular weight excluding hydrogens is 278 g/mol. The van der Waals surface area contributed by atoms with E-state index in [0.29, 0.717) is 12.1 Å². The summed E-state index contributed by atoms with van der Waals surface area (Å²) >= 11 is 0. The molecule has 3 aromatic rings. The maximum Gasteiger partial charge on any atom is 0.196 e. The van der Waals surface area contributed by atoms with Crippen LogP contribution in [0.2, 0.25) is 0 Å². The van der Waals surface area contributed by atoms with Crippen molar-refractivity contribution in [3.05, 3.63) is 36.4 Å². The van der Waals surface area contributed by atoms with Crippen LogP contribution in [0.3, 0.4) is 0 Å². The minimum atomic E-state index is 0.370. The summed E-state index contributed by atoms with van der Waals surface area (Å²) in [6.45, 7) is 1.74. The molecule has 0 saturated carbocycles. The molecule has 2 atom stereocenters. The van der Waals surface area contributed by atoms with Gasteiger partial charge in [0.25, 0.3) is 0 Å². The summed E-state index contributed by atoms with van der Waals surface area (Å²) in [5.41, 5.74) is 2.11. The smallest absolute Gasteiger partial charge is 0.196 e. The molecule has 0 spiro atoms. The topological polar surface area (TPSA) is 43.4 Å². The van der Waals surface area contributed by atoms with Crippen molar-refractivity contribution in [2.45, 2.75) is 18.6 Å². The lowest BCUT2D eigenvalue weighted by Crippen LogP contribution is -2.36. The third kappa shape index (κ3) is 1.66. The van der Waals surface area contributed by atoms with Gasteiger partial charge in [-0.2, -0.15) is 0 Å². The second kappa shape index (κ2) is 4.36. The summed E-state index contributed by atoms with van der Waals surface area (Å²) in [5.74, 6) is 2.61. The molecule has 2 bridgehead atoms. The molecule has 112 valence electrons. The number of fused-ring (bicyclic) bond motifs is 3. The second-order valence-corrected chi connectivity index (χ2v) is 6.12. The number of aromatic nitrogens is 2. The number of imidazole rings is 1. The summed E-state index contributed by atoms with van der Waals surface area (Å²) in [7, 11) is 2.03. The number of hydrogen-bond acceptors (Lipinski definition) is 4. The van der Waals surface area contributed by atoms with Crippen LogP contribution in [0.1, 0.15) is 6.42 Å². The van der Waals surface area contributed by atoms with Crippen molar-refractivity contribution in [1.29, 1.82) is 0 Å². The van der Waals surface area contributed by atoms with Gasteiger partial charge in [0.1, 0.15) is 0 Å². The number of hydrogen-bond donors (Lipinski definition) is 0. The van der Waals surface area contributed by atoms with Crippen LogP contribution in [-0.4, -0.2) is 34.8 Å². The fraction of sp³-hybridized carbons (Fsp3) is 0.353. The zero-order valence-electron chi connectivity index (χ0n) is 12.4. The fourth-order valence-corrected chi connectivity index (χ4v) is 3.64. The Labute approximate surface area is 128 Å². The highest BCUT2D eigenvalue weighted by Gasteiger charge is 2.40. The quantitative estimate of drug-likeness (QED) is 0.729. The van der Waals surface area contributed by atoms with Gasteiger partial charge in [-0.15, -0.1) is 0 Å². The molecule has 2 fully saturated rings. The Morgan fingerprint density at radius 3 is 2.86 bits per heavy atom. The van der Waals surface area contributed by atoms with E-state index in [0.717, 1.165) is 48.1 Å². The molecule has 2 aliphatic rings. The number of morpholine rings is 1. The number of para-hydroxylation sites is 2. The molecule has 2 aliphatic heterocycles. The molecule has 0 amide bonds. The Kier molecular flexibility index (Phi) is 2.44. The first-order chi connectivity index (χ1) is 10.8. The number of furan rings is 1. The van der Waals surface area contributed by atoms with Gasteiger partial charge in [0.2, 0.25) is 0 Å². The van der Waals surface area contributed by atoms with Crippen LogP contribution < -0.4 is 4.90 Å². The van der Waals surface area contributed by atoms with Crippen LogP contribution in [-0.2, 0) is 11.8 Å². The molecule has 2 unspecified atom stereocenters. The van der Waals surface area contributed by atoms with E-state index in [-0.39, 0.29) is 0 Å². The molecule has 22 heavy (non-hydrogen) atoms. The van der Waals surface area contributed by atoms with Gasteiger partial charge >= 0.3 is 0 Å². The van der Waals surface area contributed by atoms with Gasteiger partial charge < -0.3 is 18.6 Å². The van der Waals surface area contributed by atoms with Crippen LogP contribution in [0.25, 0.3) is 22.6 Å². The predicted octanol–water partition coefficient (Wildman–Crippen LogP) is 2.81. The molecule has 0 radical (unpaired) electrons. The third-order valence-corrected chi connectivity index (χ3v) is 4.78. The lowest BCUT2D eigenvalue weighted by molar-refractivity contribution is 0.0978. The molecule has 0 aliphatic carbocycles. The maximum absolute atomic E-state index is 6.10. The highest BCUT2D eigenvalue weighted by molar-refractivity contribution is 5.79. The van der Waals surface area contributed by atoms with Gasteiger partial charge in [-0.25, -0.2) is 4.98 Å². The van der Waals surface area contributed by atoms with E-state index < -0.39 is 0 Å². The molecule has 2 aromatic heterocycles. The first-order valence-corrected chi connectivity index (χ1v) is 7.69. The zero-order chi connectivity index (χ0) is 14.7. The number of ether oxygens (including phenoxy) is 1. The minimum absolute atomic E-state index is 0.370. The lowest BCUT2D eigenvalue weighted by Gasteiger charge is -2.26. The van der Waals surface area contributed by atoms with Gasteiger partial charge in [0, 0.05) is 19.7 Å². The number of aryl methyl sites for hydroxylation is 1. The van der Waals surface area contributed by atoms with Gasteiger partial charge in [0.15, 0.2) is 17.5 Å². The summed E-state index contributed by atoms with van der Waals surface area (Å²) in [5, 5.41) is 0. The number of rotatable bonds is 2. The summed E-state index contributed by atoms with van der Waals surface area (Å²) in [4.78, 5) is 7.02. The maximum atomic E-state index is 6.10. The Morgan fingerprint density at radius 2 is 2.09 bits per heavy atom. The van der Waals surface area contributed by atoms with E-state index in [1.165, 1.54) is 0 Å². The lowest BCUT2D eigenvalue weighted by atomic mass is 10.2. The summed E-state index contributed by atoms with van der Waals surface area (Å²) < 4.78 is 13.8. The number of benzene rings is 1. The van der Waals surface area contributed by atoms with Crippen LogP contribution >= 0.6 is 0 Å². The van der Waals surface area contributed by atoms with Gasteiger partial charge in [-0.3, -0.25) is 0 Å². The first kappa shape index (κ1) is 12.3. The molecule has 0 N–H and O–H groups in total. The van der Waals surface area contributed by atoms with E-state index in [2.05, 4.69) is 21.6 Å². The van der Waals surface area contributed by atoms with Crippen molar-refractivity contribution in [1.82, 2.24) is 9.55 Å². The molecule has 5 nitrogen and oxygen atoms in total. The highest BCUT2D eigenvalue weighted by atomic mass is 16.5. The van der Waals surface area contributed by atoms with Crippen molar-refractivity contribution in [3.8, 4) is 11.6 Å². The predicted molar refractivity (Wildman–Crippen MR) is 83.9 cm³/mol. The molecule has 1 aromatic carbocycles. The zero-order valence-corrected chi connectivity index (χ0v) is 12.4. The van der Waals surface area contributed by atoms with Crippen LogP contribution in [0, 0.1) is 0 Å². The van der Waals surface area contributed by atoms with Crippen molar-refractivity contribution in [2.75, 3.05) is 18.1 Å². The van der Waals surface area contributed by atoms with Crippen molar-refractivity contribution < 1.29 is 9.15 Å². The van der Waals surface area contributed by atoms with E-state index in [4.69, 9.17) is 14.1 Å². The Balaban J connectivity index is 1.54. The third-order valence-electron chi connectivity index (χ3n) is 4.78. The SMILES string of the molecule is Cn1c(-c2ccc(N3CC4CC3CO4)o2)nc2ccccc21. The van der Waals surface area contributed by atoms with Crippen molar-refractivity contribution in [3.63, 3.8) is 0 Å². The molecule has 4 heterocycles. The highest BCUT2D eigenvalue weighted by Crippen LogP contribution is 2.35. The standard InChI is InChI=1S/C17H17N3O2/c1-19-14-5-3-2-4-13(14)18-17(19)15-6-7-16(22-15)20-9-12-8-11(20)10-21-12/h2-7,11-12H,8-10H2,1H3. The fourth-order valence-electron chi connectivity index (χ4n) is 3.64. The van der Waals surface area contributed by atoms with Crippen LogP contribution in [0.4, 0.5) is 5.88 Å². The Hall–Kier alpha value is -2.27. The average Bonchev–Trinajstić information content (AvgIpc) is 3.30. The van der Waals surface area contributed by atoms with Crippen molar-refractivity contribution in [2.24, 2.45) is 7.05 Å². The van der Waals surface area contributed by atoms with Crippen LogP contribution in [0.5, 0.6) is 0 Å². The van der Waals surface area contributed by atoms with E-state index in [1.807, 2.05) is 31.3 Å². The first-order valence-electron chi connectivity index (χ1n) is 7.69. The van der Waals surface area contributed by atoms with Crippen molar-refractivity contribution >= 4 is 16.9 Å². The number of anilines is 1. The minimum Gasteiger partial charge on any atom is -0.437 e.